The molecule has 2 aromatic rings. The molecule has 1 unspecified atom stereocenters. The normalized spacial score (nSPS) is 19.3. The Morgan fingerprint density at radius 3 is 3.11 bits per heavy atom. The van der Waals surface area contributed by atoms with E-state index in [4.69, 9.17) is 9.15 Å². The van der Waals surface area contributed by atoms with Crippen LogP contribution in [0.2, 0.25) is 0 Å². The van der Waals surface area contributed by atoms with Gasteiger partial charge in [0.2, 0.25) is 5.78 Å². The Labute approximate surface area is 105 Å². The van der Waals surface area contributed by atoms with Crippen LogP contribution in [0.1, 0.15) is 23.4 Å². The van der Waals surface area contributed by atoms with E-state index in [1.807, 2.05) is 18.2 Å². The molecule has 1 atom stereocenters. The van der Waals surface area contributed by atoms with Crippen LogP contribution >= 0.6 is 0 Å². The Morgan fingerprint density at radius 2 is 2.39 bits per heavy atom. The summed E-state index contributed by atoms with van der Waals surface area (Å²) < 4.78 is 10.9. The number of Topliss-reactive ketones (excluding diaryl/α,β-unsaturated/α-hetero) is 1. The second kappa shape index (κ2) is 4.46. The molecule has 4 nitrogen and oxygen atoms in total. The van der Waals surface area contributed by atoms with Crippen molar-refractivity contribution >= 4 is 16.8 Å². The number of carbonyl (C=O) groups is 1. The lowest BCUT2D eigenvalue weighted by Gasteiger charge is -2.05. The minimum atomic E-state index is -0.100. The van der Waals surface area contributed by atoms with Gasteiger partial charge in [-0.25, -0.2) is 0 Å². The number of carbonyl (C=O) groups excluding carboxylic acids is 1. The van der Waals surface area contributed by atoms with Crippen molar-refractivity contribution in [2.24, 2.45) is 0 Å². The van der Waals surface area contributed by atoms with Crippen molar-refractivity contribution < 1.29 is 13.9 Å². The fraction of sp³-hybridized carbons (Fsp3) is 0.357. The summed E-state index contributed by atoms with van der Waals surface area (Å²) in [6.07, 6.45) is 1.92. The summed E-state index contributed by atoms with van der Waals surface area (Å²) in [7, 11) is 1.59. The lowest BCUT2D eigenvalue weighted by atomic mass is 10.1. The van der Waals surface area contributed by atoms with Crippen LogP contribution in [-0.4, -0.2) is 25.5 Å². The lowest BCUT2D eigenvalue weighted by molar-refractivity contribution is 0.0927. The molecule has 1 fully saturated rings. The van der Waals surface area contributed by atoms with Crippen molar-refractivity contribution in [1.29, 1.82) is 0 Å². The summed E-state index contributed by atoms with van der Waals surface area (Å²) in [5, 5.41) is 4.09. The second-order valence-electron chi connectivity index (χ2n) is 4.50. The molecule has 1 aromatic heterocycles. The Hall–Kier alpha value is -1.81. The van der Waals surface area contributed by atoms with Crippen LogP contribution in [0.3, 0.4) is 0 Å². The molecule has 1 aliphatic heterocycles. The van der Waals surface area contributed by atoms with Crippen molar-refractivity contribution in [3.63, 3.8) is 0 Å². The van der Waals surface area contributed by atoms with Gasteiger partial charge < -0.3 is 14.5 Å². The predicted octanol–water partition coefficient (Wildman–Crippen LogP) is 2.38. The molecule has 2 heterocycles. The lowest BCUT2D eigenvalue weighted by Crippen LogP contribution is -2.30. The van der Waals surface area contributed by atoms with Gasteiger partial charge in [0.1, 0.15) is 0 Å². The molecule has 0 bridgehead atoms. The van der Waals surface area contributed by atoms with E-state index in [0.717, 1.165) is 24.8 Å². The fourth-order valence-electron chi connectivity index (χ4n) is 2.40. The predicted molar refractivity (Wildman–Crippen MR) is 68.1 cm³/mol. The molecule has 0 aliphatic carbocycles. The van der Waals surface area contributed by atoms with Crippen LogP contribution in [0.5, 0.6) is 5.75 Å². The molecular weight excluding hydrogens is 230 g/mol. The standard InChI is InChI=1S/C14H15NO3/c1-17-11-6-2-4-9-8-12(18-14(9)11)13(16)10-5-3-7-15-10/h2,4,6,8,10,15H,3,5,7H2,1H3. The van der Waals surface area contributed by atoms with Gasteiger partial charge in [0.05, 0.1) is 13.2 Å². The van der Waals surface area contributed by atoms with E-state index in [2.05, 4.69) is 5.32 Å². The number of para-hydroxylation sites is 1. The zero-order valence-corrected chi connectivity index (χ0v) is 10.2. The third-order valence-corrected chi connectivity index (χ3v) is 3.35. The smallest absolute Gasteiger partial charge is 0.214 e. The number of ether oxygens (including phenoxy) is 1. The maximum absolute atomic E-state index is 12.2. The molecule has 0 radical (unpaired) electrons. The molecule has 0 saturated carbocycles. The average molecular weight is 245 g/mol. The summed E-state index contributed by atoms with van der Waals surface area (Å²) >= 11 is 0. The molecule has 1 aromatic carbocycles. The van der Waals surface area contributed by atoms with Gasteiger partial charge in [0, 0.05) is 5.39 Å². The summed E-state index contributed by atoms with van der Waals surface area (Å²) in [6, 6.07) is 7.32. The molecule has 3 rings (SSSR count). The van der Waals surface area contributed by atoms with E-state index in [-0.39, 0.29) is 11.8 Å². The summed E-state index contributed by atoms with van der Waals surface area (Å²) in [6.45, 7) is 0.903. The molecule has 0 spiro atoms. The van der Waals surface area contributed by atoms with Crippen LogP contribution in [0.4, 0.5) is 0 Å². The zero-order valence-electron chi connectivity index (χ0n) is 10.2. The summed E-state index contributed by atoms with van der Waals surface area (Å²) in [5.41, 5.74) is 0.640. The highest BCUT2D eigenvalue weighted by molar-refractivity contribution is 6.01. The van der Waals surface area contributed by atoms with Gasteiger partial charge in [-0.1, -0.05) is 12.1 Å². The van der Waals surface area contributed by atoms with Gasteiger partial charge in [0.15, 0.2) is 17.1 Å². The number of rotatable bonds is 3. The molecule has 1 saturated heterocycles. The Morgan fingerprint density at radius 1 is 1.50 bits per heavy atom. The first kappa shape index (κ1) is 11.3. The maximum atomic E-state index is 12.2. The van der Waals surface area contributed by atoms with Gasteiger partial charge in [0.25, 0.3) is 0 Å². The van der Waals surface area contributed by atoms with Crippen molar-refractivity contribution in [1.82, 2.24) is 5.32 Å². The first-order valence-corrected chi connectivity index (χ1v) is 6.14. The third-order valence-electron chi connectivity index (χ3n) is 3.35. The number of furan rings is 1. The van der Waals surface area contributed by atoms with Gasteiger partial charge in [-0.2, -0.15) is 0 Å². The van der Waals surface area contributed by atoms with E-state index in [1.54, 1.807) is 13.2 Å². The maximum Gasteiger partial charge on any atom is 0.214 e. The molecule has 94 valence electrons. The number of ketones is 1. The quantitative estimate of drug-likeness (QED) is 0.843. The van der Waals surface area contributed by atoms with Crippen LogP contribution in [0, 0.1) is 0 Å². The third kappa shape index (κ3) is 1.78. The summed E-state index contributed by atoms with van der Waals surface area (Å²) in [4.78, 5) is 12.2. The first-order chi connectivity index (χ1) is 8.79. The van der Waals surface area contributed by atoms with Crippen LogP contribution in [0.15, 0.2) is 28.7 Å². The van der Waals surface area contributed by atoms with E-state index in [9.17, 15) is 4.79 Å². The summed E-state index contributed by atoms with van der Waals surface area (Å²) in [5.74, 6) is 1.10. The van der Waals surface area contributed by atoms with Gasteiger partial charge >= 0.3 is 0 Å². The van der Waals surface area contributed by atoms with E-state index in [0.29, 0.717) is 17.1 Å². The minimum absolute atomic E-state index is 0.0331. The van der Waals surface area contributed by atoms with Gasteiger partial charge in [-0.15, -0.1) is 0 Å². The highest BCUT2D eigenvalue weighted by Crippen LogP contribution is 2.29. The molecule has 1 N–H and O–H groups in total. The number of fused-ring (bicyclic) bond motifs is 1. The zero-order chi connectivity index (χ0) is 12.5. The van der Waals surface area contributed by atoms with Gasteiger partial charge in [-0.05, 0) is 31.5 Å². The Balaban J connectivity index is 2.00. The number of hydrogen-bond acceptors (Lipinski definition) is 4. The number of methoxy groups -OCH3 is 1. The molecule has 18 heavy (non-hydrogen) atoms. The SMILES string of the molecule is COc1cccc2cc(C(=O)C3CCCN3)oc12. The van der Waals surface area contributed by atoms with Gasteiger partial charge in [-0.3, -0.25) is 4.79 Å². The Kier molecular flexibility index (Phi) is 2.80. The van der Waals surface area contributed by atoms with Crippen LogP contribution < -0.4 is 10.1 Å². The molecular formula is C14H15NO3. The van der Waals surface area contributed by atoms with E-state index >= 15 is 0 Å². The molecule has 1 aliphatic rings. The first-order valence-electron chi connectivity index (χ1n) is 6.14. The number of benzene rings is 1. The molecule has 4 heteroatoms. The fourth-order valence-corrected chi connectivity index (χ4v) is 2.40. The second-order valence-corrected chi connectivity index (χ2v) is 4.50. The monoisotopic (exact) mass is 245 g/mol. The Bertz CT molecular complexity index is 582. The minimum Gasteiger partial charge on any atom is -0.493 e. The van der Waals surface area contributed by atoms with Crippen LogP contribution in [-0.2, 0) is 0 Å². The topological polar surface area (TPSA) is 51.5 Å². The molecule has 0 amide bonds. The number of hydrogen-bond donors (Lipinski definition) is 1. The number of nitrogens with one attached hydrogen (secondary N) is 1. The largest absolute Gasteiger partial charge is 0.493 e. The van der Waals surface area contributed by atoms with E-state index < -0.39 is 0 Å². The average Bonchev–Trinajstić information content (AvgIpc) is 3.05. The van der Waals surface area contributed by atoms with Crippen LogP contribution in [0.25, 0.3) is 11.0 Å². The van der Waals surface area contributed by atoms with Crippen molar-refractivity contribution in [2.45, 2.75) is 18.9 Å². The van der Waals surface area contributed by atoms with Crippen molar-refractivity contribution in [3.05, 3.63) is 30.0 Å². The highest BCUT2D eigenvalue weighted by Gasteiger charge is 2.26. The van der Waals surface area contributed by atoms with E-state index in [1.165, 1.54) is 0 Å². The highest BCUT2D eigenvalue weighted by atomic mass is 16.5. The van der Waals surface area contributed by atoms with Crippen molar-refractivity contribution in [2.75, 3.05) is 13.7 Å². The van der Waals surface area contributed by atoms with Crippen molar-refractivity contribution in [3.8, 4) is 5.75 Å².